The van der Waals surface area contributed by atoms with Crippen molar-refractivity contribution in [1.82, 2.24) is 9.97 Å². The number of hydrogen-bond donors (Lipinski definition) is 1. The van der Waals surface area contributed by atoms with E-state index >= 15 is 0 Å². The monoisotopic (exact) mass is 226 g/mol. The first kappa shape index (κ1) is 10.6. The Morgan fingerprint density at radius 3 is 3.00 bits per heavy atom. The molecular formula is C10H15ClN4. The van der Waals surface area contributed by atoms with E-state index in [0.717, 1.165) is 37.7 Å². The molecule has 0 aliphatic carbocycles. The van der Waals surface area contributed by atoms with Crippen LogP contribution in [0.5, 0.6) is 0 Å². The lowest BCUT2D eigenvalue weighted by Crippen LogP contribution is -2.24. The number of nitrogens with zero attached hydrogens (tertiary/aromatic N) is 3. The highest BCUT2D eigenvalue weighted by Crippen LogP contribution is 2.21. The maximum atomic E-state index is 5.90. The molecule has 0 saturated carbocycles. The topological polar surface area (TPSA) is 55.0 Å². The summed E-state index contributed by atoms with van der Waals surface area (Å²) in [6.07, 6.45) is 1.12. The largest absolute Gasteiger partial charge is 0.340 e. The molecule has 1 saturated heterocycles. The standard InChI is InChI=1S/C10H15ClN4/c1-7-4-9(11)14-10(13-7)15-3-2-8(5-12)6-15/h4,8H,2-3,5-6,12H2,1H3/t8-/m1/s1. The van der Waals surface area contributed by atoms with E-state index in [1.54, 1.807) is 6.07 Å². The van der Waals surface area contributed by atoms with Gasteiger partial charge in [-0.3, -0.25) is 0 Å². The molecular weight excluding hydrogens is 212 g/mol. The van der Waals surface area contributed by atoms with Gasteiger partial charge >= 0.3 is 0 Å². The first-order chi connectivity index (χ1) is 7.19. The summed E-state index contributed by atoms with van der Waals surface area (Å²) in [5.41, 5.74) is 6.54. The van der Waals surface area contributed by atoms with Crippen LogP contribution in [0.4, 0.5) is 5.95 Å². The number of nitrogens with two attached hydrogens (primary N) is 1. The zero-order chi connectivity index (χ0) is 10.8. The minimum Gasteiger partial charge on any atom is -0.340 e. The highest BCUT2D eigenvalue weighted by Gasteiger charge is 2.23. The third-order valence-corrected chi connectivity index (χ3v) is 2.91. The lowest BCUT2D eigenvalue weighted by atomic mass is 10.1. The average Bonchev–Trinajstić information content (AvgIpc) is 2.64. The van der Waals surface area contributed by atoms with Crippen molar-refractivity contribution >= 4 is 17.5 Å². The van der Waals surface area contributed by atoms with Gasteiger partial charge in [-0.25, -0.2) is 9.97 Å². The molecule has 1 aliphatic rings. The minimum atomic E-state index is 0.508. The zero-order valence-electron chi connectivity index (χ0n) is 8.78. The third-order valence-electron chi connectivity index (χ3n) is 2.71. The molecule has 1 aromatic heterocycles. The predicted octanol–water partition coefficient (Wildman–Crippen LogP) is 1.22. The second-order valence-electron chi connectivity index (χ2n) is 3.97. The van der Waals surface area contributed by atoms with Crippen molar-refractivity contribution in [1.29, 1.82) is 0 Å². The number of aromatic nitrogens is 2. The van der Waals surface area contributed by atoms with Gasteiger partial charge in [0.1, 0.15) is 5.15 Å². The number of anilines is 1. The third kappa shape index (κ3) is 2.38. The SMILES string of the molecule is Cc1cc(Cl)nc(N2CC[C@H](CN)C2)n1. The van der Waals surface area contributed by atoms with E-state index in [0.29, 0.717) is 11.1 Å². The Morgan fingerprint density at radius 1 is 1.60 bits per heavy atom. The summed E-state index contributed by atoms with van der Waals surface area (Å²) < 4.78 is 0. The van der Waals surface area contributed by atoms with E-state index in [9.17, 15) is 0 Å². The molecule has 2 N–H and O–H groups in total. The van der Waals surface area contributed by atoms with E-state index < -0.39 is 0 Å². The molecule has 2 heterocycles. The molecule has 0 unspecified atom stereocenters. The van der Waals surface area contributed by atoms with Gasteiger partial charge in [0.05, 0.1) is 0 Å². The predicted molar refractivity (Wildman–Crippen MR) is 61.2 cm³/mol. The van der Waals surface area contributed by atoms with E-state index in [1.807, 2.05) is 6.92 Å². The maximum Gasteiger partial charge on any atom is 0.226 e. The molecule has 4 nitrogen and oxygen atoms in total. The van der Waals surface area contributed by atoms with E-state index in [1.165, 1.54) is 0 Å². The van der Waals surface area contributed by atoms with Crippen LogP contribution in [-0.2, 0) is 0 Å². The number of rotatable bonds is 2. The van der Waals surface area contributed by atoms with Crippen molar-refractivity contribution in [2.75, 3.05) is 24.5 Å². The highest BCUT2D eigenvalue weighted by molar-refractivity contribution is 6.29. The Balaban J connectivity index is 2.16. The fourth-order valence-corrected chi connectivity index (χ4v) is 2.10. The Bertz CT molecular complexity index is 335. The smallest absolute Gasteiger partial charge is 0.226 e. The van der Waals surface area contributed by atoms with Gasteiger partial charge in [0.15, 0.2) is 0 Å². The normalized spacial score (nSPS) is 21.0. The van der Waals surface area contributed by atoms with Gasteiger partial charge in [-0.1, -0.05) is 11.6 Å². The second-order valence-corrected chi connectivity index (χ2v) is 4.36. The van der Waals surface area contributed by atoms with E-state index in [4.69, 9.17) is 17.3 Å². The number of halogens is 1. The molecule has 82 valence electrons. The Kier molecular flexibility index (Phi) is 3.07. The summed E-state index contributed by atoms with van der Waals surface area (Å²) in [7, 11) is 0. The summed E-state index contributed by atoms with van der Waals surface area (Å²) in [6, 6.07) is 1.77. The van der Waals surface area contributed by atoms with Crippen molar-refractivity contribution < 1.29 is 0 Å². The highest BCUT2D eigenvalue weighted by atomic mass is 35.5. The maximum absolute atomic E-state index is 5.90. The van der Waals surface area contributed by atoms with Gasteiger partial charge in [-0.05, 0) is 31.9 Å². The van der Waals surface area contributed by atoms with Gasteiger partial charge < -0.3 is 10.6 Å². The molecule has 0 radical (unpaired) electrons. The van der Waals surface area contributed by atoms with Crippen molar-refractivity contribution in [3.05, 3.63) is 16.9 Å². The first-order valence-electron chi connectivity index (χ1n) is 5.15. The van der Waals surface area contributed by atoms with Crippen molar-refractivity contribution in [3.8, 4) is 0 Å². The molecule has 15 heavy (non-hydrogen) atoms. The van der Waals surface area contributed by atoms with Gasteiger partial charge in [0.25, 0.3) is 0 Å². The molecule has 1 atom stereocenters. The molecule has 0 bridgehead atoms. The fraction of sp³-hybridized carbons (Fsp3) is 0.600. The summed E-state index contributed by atoms with van der Waals surface area (Å²) in [6.45, 7) is 4.57. The van der Waals surface area contributed by atoms with Crippen LogP contribution in [0.25, 0.3) is 0 Å². The average molecular weight is 227 g/mol. The van der Waals surface area contributed by atoms with Crippen LogP contribution in [-0.4, -0.2) is 29.6 Å². The van der Waals surface area contributed by atoms with Crippen LogP contribution < -0.4 is 10.6 Å². The summed E-state index contributed by atoms with van der Waals surface area (Å²) in [5, 5.41) is 0.508. The molecule has 0 aromatic carbocycles. The van der Waals surface area contributed by atoms with Gasteiger partial charge in [-0.2, -0.15) is 0 Å². The van der Waals surface area contributed by atoms with Crippen LogP contribution in [0.1, 0.15) is 12.1 Å². The number of aryl methyl sites for hydroxylation is 1. The quantitative estimate of drug-likeness (QED) is 0.771. The Labute approximate surface area is 94.5 Å². The molecule has 2 rings (SSSR count). The second kappa shape index (κ2) is 4.33. The lowest BCUT2D eigenvalue weighted by molar-refractivity contribution is 0.601. The van der Waals surface area contributed by atoms with E-state index in [2.05, 4.69) is 14.9 Å². The lowest BCUT2D eigenvalue weighted by Gasteiger charge is -2.16. The van der Waals surface area contributed by atoms with Gasteiger partial charge in [0, 0.05) is 18.8 Å². The molecule has 5 heteroatoms. The van der Waals surface area contributed by atoms with Gasteiger partial charge in [0.2, 0.25) is 5.95 Å². The zero-order valence-corrected chi connectivity index (χ0v) is 9.54. The summed E-state index contributed by atoms with van der Waals surface area (Å²) >= 11 is 5.90. The van der Waals surface area contributed by atoms with Crippen LogP contribution in [0.15, 0.2) is 6.07 Å². The van der Waals surface area contributed by atoms with Gasteiger partial charge in [-0.15, -0.1) is 0 Å². The fourth-order valence-electron chi connectivity index (χ4n) is 1.86. The van der Waals surface area contributed by atoms with Crippen molar-refractivity contribution in [3.63, 3.8) is 0 Å². The van der Waals surface area contributed by atoms with Crippen molar-refractivity contribution in [2.24, 2.45) is 11.7 Å². The van der Waals surface area contributed by atoms with Crippen LogP contribution in [0, 0.1) is 12.8 Å². The summed E-state index contributed by atoms with van der Waals surface area (Å²) in [4.78, 5) is 10.7. The molecule has 1 aromatic rings. The molecule has 0 amide bonds. The Morgan fingerprint density at radius 2 is 2.40 bits per heavy atom. The van der Waals surface area contributed by atoms with Crippen LogP contribution >= 0.6 is 11.6 Å². The van der Waals surface area contributed by atoms with Crippen LogP contribution in [0.2, 0.25) is 5.15 Å². The first-order valence-corrected chi connectivity index (χ1v) is 5.53. The van der Waals surface area contributed by atoms with E-state index in [-0.39, 0.29) is 0 Å². The molecule has 1 fully saturated rings. The Hall–Kier alpha value is -0.870. The molecule has 0 spiro atoms. The van der Waals surface area contributed by atoms with Crippen LogP contribution in [0.3, 0.4) is 0 Å². The number of hydrogen-bond acceptors (Lipinski definition) is 4. The van der Waals surface area contributed by atoms with Crippen molar-refractivity contribution in [2.45, 2.75) is 13.3 Å². The molecule has 1 aliphatic heterocycles. The summed E-state index contributed by atoms with van der Waals surface area (Å²) in [5.74, 6) is 1.30. The minimum absolute atomic E-state index is 0.508.